The van der Waals surface area contributed by atoms with Crippen molar-refractivity contribution in [2.24, 2.45) is 0 Å². The number of rotatable bonds is 4. The maximum atomic E-state index is 2.55. The summed E-state index contributed by atoms with van der Waals surface area (Å²) in [5, 5.41) is 11.1. The highest BCUT2D eigenvalue weighted by molar-refractivity contribution is 6.24. The Morgan fingerprint density at radius 1 is 0.288 bits per heavy atom. The van der Waals surface area contributed by atoms with Crippen LogP contribution in [-0.2, 0) is 25.7 Å². The predicted molar refractivity (Wildman–Crippen MR) is 251 cm³/mol. The highest BCUT2D eigenvalue weighted by Gasteiger charge is 2.41. The highest BCUT2D eigenvalue weighted by atomic mass is 14.4. The maximum absolute atomic E-state index is 2.55. The van der Waals surface area contributed by atoms with Gasteiger partial charge in [0.15, 0.2) is 0 Å². The molecular weight excluding hydrogens is 709 g/mol. The summed E-state index contributed by atoms with van der Waals surface area (Å²) in [6.07, 6.45) is 13.7. The van der Waals surface area contributed by atoms with Crippen molar-refractivity contribution < 1.29 is 0 Å². The largest absolute Gasteiger partial charge is 0.0616 e. The molecule has 0 radical (unpaired) electrons. The monoisotopic (exact) mass is 756 g/mol. The SMILES string of the molecule is c1cc2c(c(-c3c4ccccc4c(-c4ccc(-c5c6ccccc6c(-c6cccc7c6CCCC7)c6ccccc56)c5c4C4CCC5C4)c4ccccc34)c1)CCCC2. The smallest absolute Gasteiger partial charge is 0.00234 e. The van der Waals surface area contributed by atoms with Gasteiger partial charge >= 0.3 is 0 Å². The van der Waals surface area contributed by atoms with Crippen LogP contribution in [0.4, 0.5) is 0 Å². The fourth-order valence-electron chi connectivity index (χ4n) is 12.9. The van der Waals surface area contributed by atoms with Crippen LogP contribution in [0.5, 0.6) is 0 Å². The second-order valence-corrected chi connectivity index (χ2v) is 18.2. The van der Waals surface area contributed by atoms with Gasteiger partial charge in [-0.05, 0) is 203 Å². The van der Waals surface area contributed by atoms with Crippen LogP contribution in [0, 0.1) is 0 Å². The Morgan fingerprint density at radius 3 is 0.966 bits per heavy atom. The first-order valence-electron chi connectivity index (χ1n) is 22.6. The van der Waals surface area contributed by atoms with Crippen LogP contribution in [0.25, 0.3) is 87.6 Å². The third-order valence-corrected chi connectivity index (χ3v) is 15.3. The summed E-state index contributed by atoms with van der Waals surface area (Å²) >= 11 is 0. The van der Waals surface area contributed by atoms with Gasteiger partial charge in [0, 0.05) is 0 Å². The maximum Gasteiger partial charge on any atom is -0.00234 e. The summed E-state index contributed by atoms with van der Waals surface area (Å²) in [5.41, 5.74) is 21.0. The lowest BCUT2D eigenvalue weighted by Gasteiger charge is -2.27. The molecule has 0 saturated heterocycles. The molecule has 1 saturated carbocycles. The topological polar surface area (TPSA) is 0 Å². The van der Waals surface area contributed by atoms with E-state index in [-0.39, 0.29) is 0 Å². The van der Waals surface area contributed by atoms with Gasteiger partial charge in [-0.3, -0.25) is 0 Å². The van der Waals surface area contributed by atoms with Gasteiger partial charge in [0.2, 0.25) is 0 Å². The van der Waals surface area contributed by atoms with E-state index in [1.165, 1.54) is 158 Å². The van der Waals surface area contributed by atoms with E-state index in [2.05, 4.69) is 146 Å². The molecule has 4 aliphatic carbocycles. The molecule has 0 aromatic heterocycles. The Hall–Kier alpha value is -5.98. The third kappa shape index (κ3) is 4.96. The molecule has 0 nitrogen and oxygen atoms in total. The van der Waals surface area contributed by atoms with Gasteiger partial charge in [-0.1, -0.05) is 146 Å². The van der Waals surface area contributed by atoms with E-state index in [0.717, 1.165) is 0 Å². The Morgan fingerprint density at radius 2 is 0.610 bits per heavy atom. The van der Waals surface area contributed by atoms with E-state index < -0.39 is 0 Å². The van der Waals surface area contributed by atoms with Gasteiger partial charge in [-0.25, -0.2) is 0 Å². The minimum atomic E-state index is 0.593. The van der Waals surface area contributed by atoms with Crippen LogP contribution >= 0.6 is 0 Å². The molecule has 9 aromatic rings. The van der Waals surface area contributed by atoms with Crippen molar-refractivity contribution in [2.75, 3.05) is 0 Å². The number of benzene rings is 9. The minimum Gasteiger partial charge on any atom is -0.0616 e. The molecular formula is C59H48. The average molecular weight is 757 g/mol. The molecule has 1 fully saturated rings. The summed E-state index contributed by atoms with van der Waals surface area (Å²) in [4.78, 5) is 0. The summed E-state index contributed by atoms with van der Waals surface area (Å²) in [5.74, 6) is 1.19. The fourth-order valence-corrected chi connectivity index (χ4v) is 12.9. The van der Waals surface area contributed by atoms with Crippen LogP contribution in [0.1, 0.15) is 90.2 Å². The van der Waals surface area contributed by atoms with Crippen molar-refractivity contribution in [3.63, 3.8) is 0 Å². The van der Waals surface area contributed by atoms with Gasteiger partial charge in [-0.2, -0.15) is 0 Å². The minimum absolute atomic E-state index is 0.593. The van der Waals surface area contributed by atoms with E-state index in [1.54, 1.807) is 33.4 Å². The van der Waals surface area contributed by atoms with Crippen molar-refractivity contribution in [3.8, 4) is 44.5 Å². The van der Waals surface area contributed by atoms with E-state index >= 15 is 0 Å². The number of hydrogen-bond donors (Lipinski definition) is 0. The molecule has 13 rings (SSSR count). The second-order valence-electron chi connectivity index (χ2n) is 18.2. The van der Waals surface area contributed by atoms with Crippen LogP contribution in [-0.4, -0.2) is 0 Å². The summed E-state index contributed by atoms with van der Waals surface area (Å²) in [7, 11) is 0. The summed E-state index contributed by atoms with van der Waals surface area (Å²) in [6, 6.07) is 56.8. The first kappa shape index (κ1) is 33.9. The Bertz CT molecular complexity index is 2880. The van der Waals surface area contributed by atoms with Crippen molar-refractivity contribution in [1.29, 1.82) is 0 Å². The molecule has 0 spiro atoms. The van der Waals surface area contributed by atoms with E-state index in [1.807, 2.05) is 0 Å². The zero-order chi connectivity index (χ0) is 38.6. The average Bonchev–Trinajstić information content (AvgIpc) is 3.94. The quantitative estimate of drug-likeness (QED) is 0.157. The normalized spacial score (nSPS) is 18.1. The molecule has 0 heterocycles. The second kappa shape index (κ2) is 13.3. The summed E-state index contributed by atoms with van der Waals surface area (Å²) < 4.78 is 0. The standard InChI is InChI=1S/C59H48/c1-3-19-40-36(15-1)17-13-29-42(40)56-44-21-5-9-25-48(44)58(49-26-10-6-22-45(49)56)52-33-34-53(55-39-32-31-38(35-39)54(52)55)59-50-27-11-7-23-46(50)57(47-24-8-12-28-51(47)59)43-30-14-18-37-16-2-4-20-41(37)43/h5-14,17-18,21-30,33-34,38-39H,1-4,15-16,19-20,31-32,35H2. The lowest BCUT2D eigenvalue weighted by Crippen LogP contribution is -2.06. The highest BCUT2D eigenvalue weighted by Crippen LogP contribution is 2.61. The molecule has 0 heteroatoms. The molecule has 59 heavy (non-hydrogen) atoms. The van der Waals surface area contributed by atoms with Crippen molar-refractivity contribution >= 4 is 43.1 Å². The predicted octanol–water partition coefficient (Wildman–Crippen LogP) is 16.1. The molecule has 0 amide bonds. The van der Waals surface area contributed by atoms with Crippen molar-refractivity contribution in [2.45, 2.75) is 82.5 Å². The van der Waals surface area contributed by atoms with Gasteiger partial charge in [0.05, 0.1) is 0 Å². The van der Waals surface area contributed by atoms with Crippen LogP contribution in [0.2, 0.25) is 0 Å². The Kier molecular flexibility index (Phi) is 7.63. The van der Waals surface area contributed by atoms with Gasteiger partial charge in [0.1, 0.15) is 0 Å². The number of aryl methyl sites for hydroxylation is 2. The van der Waals surface area contributed by atoms with E-state index in [9.17, 15) is 0 Å². The zero-order valence-corrected chi connectivity index (χ0v) is 33.8. The van der Waals surface area contributed by atoms with Crippen LogP contribution < -0.4 is 0 Å². The number of fused-ring (bicyclic) bond motifs is 11. The van der Waals surface area contributed by atoms with Crippen molar-refractivity contribution in [3.05, 3.63) is 179 Å². The molecule has 2 unspecified atom stereocenters. The molecule has 0 aliphatic heterocycles. The molecule has 9 aromatic carbocycles. The molecule has 2 bridgehead atoms. The fraction of sp³-hybridized carbons (Fsp3) is 0.220. The van der Waals surface area contributed by atoms with Crippen molar-refractivity contribution in [1.82, 2.24) is 0 Å². The van der Waals surface area contributed by atoms with E-state index in [4.69, 9.17) is 0 Å². The molecule has 284 valence electrons. The van der Waals surface area contributed by atoms with Crippen LogP contribution in [0.15, 0.2) is 146 Å². The Balaban J connectivity index is 1.09. The lowest BCUT2D eigenvalue weighted by molar-refractivity contribution is 0.687. The van der Waals surface area contributed by atoms with Gasteiger partial charge < -0.3 is 0 Å². The molecule has 4 aliphatic rings. The third-order valence-electron chi connectivity index (χ3n) is 15.3. The Labute approximate surface area is 347 Å². The summed E-state index contributed by atoms with van der Waals surface area (Å²) in [6.45, 7) is 0. The zero-order valence-electron chi connectivity index (χ0n) is 33.8. The van der Waals surface area contributed by atoms with E-state index in [0.29, 0.717) is 11.8 Å². The molecule has 2 atom stereocenters. The lowest BCUT2D eigenvalue weighted by atomic mass is 9.76. The number of hydrogen-bond acceptors (Lipinski definition) is 0. The molecule has 0 N–H and O–H groups in total. The first-order valence-corrected chi connectivity index (χ1v) is 22.6. The van der Waals surface area contributed by atoms with Gasteiger partial charge in [0.25, 0.3) is 0 Å². The van der Waals surface area contributed by atoms with Crippen LogP contribution in [0.3, 0.4) is 0 Å². The van der Waals surface area contributed by atoms with Gasteiger partial charge in [-0.15, -0.1) is 0 Å². The first-order chi connectivity index (χ1) is 29.3.